The van der Waals surface area contributed by atoms with E-state index in [0.29, 0.717) is 24.3 Å². The second-order valence-corrected chi connectivity index (χ2v) is 4.73. The van der Waals surface area contributed by atoms with Crippen molar-refractivity contribution in [3.8, 4) is 17.2 Å². The third-order valence-corrected chi connectivity index (χ3v) is 3.14. The number of nitrogens with zero attached hydrogens (tertiary/aromatic N) is 1. The van der Waals surface area contributed by atoms with Gasteiger partial charge < -0.3 is 14.6 Å². The molecule has 6 heteroatoms. The number of methoxy groups -OCH3 is 1. The Hall–Kier alpha value is -2.63. The molecule has 0 aliphatic carbocycles. The van der Waals surface area contributed by atoms with Gasteiger partial charge >= 0.3 is 6.61 Å². The fraction of sp³-hybridized carbons (Fsp3) is 0.235. The molecule has 122 valence electrons. The van der Waals surface area contributed by atoms with Crippen molar-refractivity contribution in [3.05, 3.63) is 53.6 Å². The minimum Gasteiger partial charge on any atom is -0.507 e. The standard InChI is InChI=1S/C17H17F2NO3/c1-22-15-6-7-16(21)13(10-15)11-20-9-8-12-2-4-14(5-3-12)23-17(18)19/h2-7,10-11,17,21H,8-9H2,1H3. The van der Waals surface area contributed by atoms with Gasteiger partial charge in [-0.3, -0.25) is 4.99 Å². The van der Waals surface area contributed by atoms with Crippen molar-refractivity contribution in [1.29, 1.82) is 0 Å². The molecule has 23 heavy (non-hydrogen) atoms. The van der Waals surface area contributed by atoms with E-state index >= 15 is 0 Å². The summed E-state index contributed by atoms with van der Waals surface area (Å²) in [6.07, 6.45) is 2.22. The monoisotopic (exact) mass is 321 g/mol. The first kappa shape index (κ1) is 16.7. The maximum absolute atomic E-state index is 12.0. The molecule has 0 spiro atoms. The van der Waals surface area contributed by atoms with Gasteiger partial charge in [0.2, 0.25) is 0 Å². The maximum atomic E-state index is 12.0. The number of alkyl halides is 2. The molecule has 0 heterocycles. The molecule has 2 aromatic carbocycles. The zero-order valence-electron chi connectivity index (χ0n) is 12.6. The first-order valence-corrected chi connectivity index (χ1v) is 6.99. The molecule has 0 aliphatic heterocycles. The van der Waals surface area contributed by atoms with E-state index in [4.69, 9.17) is 4.74 Å². The van der Waals surface area contributed by atoms with E-state index in [9.17, 15) is 13.9 Å². The summed E-state index contributed by atoms with van der Waals surface area (Å²) in [6.45, 7) is -2.31. The quantitative estimate of drug-likeness (QED) is 0.792. The SMILES string of the molecule is COc1ccc(O)c(C=NCCc2ccc(OC(F)F)cc2)c1. The first-order chi connectivity index (χ1) is 11.1. The van der Waals surface area contributed by atoms with Crippen LogP contribution in [0.1, 0.15) is 11.1 Å². The van der Waals surface area contributed by atoms with Crippen LogP contribution in [0.3, 0.4) is 0 Å². The van der Waals surface area contributed by atoms with Crippen LogP contribution in [-0.2, 0) is 6.42 Å². The van der Waals surface area contributed by atoms with Crippen molar-refractivity contribution in [1.82, 2.24) is 0 Å². The number of benzene rings is 2. The lowest BCUT2D eigenvalue weighted by atomic mass is 10.1. The van der Waals surface area contributed by atoms with Gasteiger partial charge in [0.25, 0.3) is 0 Å². The van der Waals surface area contributed by atoms with Gasteiger partial charge in [-0.2, -0.15) is 8.78 Å². The lowest BCUT2D eigenvalue weighted by molar-refractivity contribution is -0.0498. The zero-order chi connectivity index (χ0) is 16.7. The highest BCUT2D eigenvalue weighted by Crippen LogP contribution is 2.21. The van der Waals surface area contributed by atoms with Crippen LogP contribution < -0.4 is 9.47 Å². The Balaban J connectivity index is 1.89. The summed E-state index contributed by atoms with van der Waals surface area (Å²) in [4.78, 5) is 4.25. The van der Waals surface area contributed by atoms with Crippen LogP contribution >= 0.6 is 0 Å². The number of hydrogen-bond donors (Lipinski definition) is 1. The Morgan fingerprint density at radius 1 is 1.13 bits per heavy atom. The number of phenols is 1. The number of phenolic OH excluding ortho intramolecular Hbond substituents is 1. The normalized spacial score (nSPS) is 11.1. The number of halogens is 2. The van der Waals surface area contributed by atoms with Crippen molar-refractivity contribution in [3.63, 3.8) is 0 Å². The molecule has 2 rings (SSSR count). The average Bonchev–Trinajstić information content (AvgIpc) is 2.54. The van der Waals surface area contributed by atoms with E-state index in [1.54, 1.807) is 43.7 Å². The van der Waals surface area contributed by atoms with Gasteiger partial charge in [-0.25, -0.2) is 0 Å². The van der Waals surface area contributed by atoms with Crippen molar-refractivity contribution in [2.24, 2.45) is 4.99 Å². The molecule has 0 aromatic heterocycles. The summed E-state index contributed by atoms with van der Waals surface area (Å²) in [7, 11) is 1.55. The van der Waals surface area contributed by atoms with Crippen LogP contribution in [0.5, 0.6) is 17.2 Å². The highest BCUT2D eigenvalue weighted by Gasteiger charge is 2.03. The van der Waals surface area contributed by atoms with E-state index < -0.39 is 6.61 Å². The summed E-state index contributed by atoms with van der Waals surface area (Å²) < 4.78 is 33.5. The van der Waals surface area contributed by atoms with E-state index in [2.05, 4.69) is 9.73 Å². The lowest BCUT2D eigenvalue weighted by Gasteiger charge is -2.05. The number of hydrogen-bond acceptors (Lipinski definition) is 4. The van der Waals surface area contributed by atoms with E-state index in [-0.39, 0.29) is 11.5 Å². The predicted molar refractivity (Wildman–Crippen MR) is 83.9 cm³/mol. The van der Waals surface area contributed by atoms with Gasteiger partial charge in [-0.05, 0) is 42.3 Å². The van der Waals surface area contributed by atoms with E-state index in [0.717, 1.165) is 5.56 Å². The Labute approximate surface area is 133 Å². The molecule has 0 amide bonds. The van der Waals surface area contributed by atoms with Gasteiger partial charge in [-0.15, -0.1) is 0 Å². The molecule has 0 radical (unpaired) electrons. The molecule has 0 fully saturated rings. The lowest BCUT2D eigenvalue weighted by Crippen LogP contribution is -2.01. The molecule has 0 unspecified atom stereocenters. The number of ether oxygens (including phenoxy) is 2. The van der Waals surface area contributed by atoms with E-state index in [1.807, 2.05) is 0 Å². The van der Waals surface area contributed by atoms with Crippen LogP contribution in [0.4, 0.5) is 8.78 Å². The molecule has 1 N–H and O–H groups in total. The van der Waals surface area contributed by atoms with Crippen LogP contribution in [0.2, 0.25) is 0 Å². The fourth-order valence-electron chi connectivity index (χ4n) is 1.96. The van der Waals surface area contributed by atoms with Gasteiger partial charge in [0.05, 0.1) is 7.11 Å². The summed E-state index contributed by atoms with van der Waals surface area (Å²) in [6, 6.07) is 11.3. The summed E-state index contributed by atoms with van der Waals surface area (Å²) in [5.41, 5.74) is 1.53. The van der Waals surface area contributed by atoms with Crippen molar-refractivity contribution in [2.45, 2.75) is 13.0 Å². The fourth-order valence-corrected chi connectivity index (χ4v) is 1.96. The van der Waals surface area contributed by atoms with Crippen LogP contribution in [-0.4, -0.2) is 31.6 Å². The molecular weight excluding hydrogens is 304 g/mol. The molecule has 0 saturated carbocycles. The van der Waals surface area contributed by atoms with Crippen LogP contribution in [0, 0.1) is 0 Å². The van der Waals surface area contributed by atoms with Gasteiger partial charge in [0.15, 0.2) is 0 Å². The third-order valence-electron chi connectivity index (χ3n) is 3.14. The molecule has 4 nitrogen and oxygen atoms in total. The minimum atomic E-state index is -2.82. The first-order valence-electron chi connectivity index (χ1n) is 6.99. The zero-order valence-corrected chi connectivity index (χ0v) is 12.6. The van der Waals surface area contributed by atoms with E-state index in [1.165, 1.54) is 12.1 Å². The van der Waals surface area contributed by atoms with Crippen molar-refractivity contribution >= 4 is 6.21 Å². The van der Waals surface area contributed by atoms with Crippen LogP contribution in [0.15, 0.2) is 47.5 Å². The van der Waals surface area contributed by atoms with Crippen molar-refractivity contribution in [2.75, 3.05) is 13.7 Å². The molecule has 0 saturated heterocycles. The largest absolute Gasteiger partial charge is 0.507 e. The van der Waals surface area contributed by atoms with Gasteiger partial charge in [0.1, 0.15) is 17.2 Å². The highest BCUT2D eigenvalue weighted by atomic mass is 19.3. The summed E-state index contributed by atoms with van der Waals surface area (Å²) in [5.74, 6) is 0.899. The van der Waals surface area contributed by atoms with Crippen molar-refractivity contribution < 1.29 is 23.4 Å². The predicted octanol–water partition coefficient (Wildman–Crippen LogP) is 3.66. The second kappa shape index (κ2) is 8.12. The number of rotatable bonds is 7. The third kappa shape index (κ3) is 5.25. The topological polar surface area (TPSA) is 51.0 Å². The highest BCUT2D eigenvalue weighted by molar-refractivity contribution is 5.84. The average molecular weight is 321 g/mol. The molecule has 2 aromatic rings. The number of aromatic hydroxyl groups is 1. The molecule has 0 bridgehead atoms. The van der Waals surface area contributed by atoms with Gasteiger partial charge in [0, 0.05) is 18.3 Å². The minimum absolute atomic E-state index is 0.128. The second-order valence-electron chi connectivity index (χ2n) is 4.73. The Kier molecular flexibility index (Phi) is 5.91. The van der Waals surface area contributed by atoms with Gasteiger partial charge in [-0.1, -0.05) is 12.1 Å². The number of aliphatic imine (C=N–C) groups is 1. The summed E-state index contributed by atoms with van der Waals surface area (Å²) in [5, 5.41) is 9.73. The molecule has 0 aliphatic rings. The maximum Gasteiger partial charge on any atom is 0.387 e. The summed E-state index contributed by atoms with van der Waals surface area (Å²) >= 11 is 0. The Morgan fingerprint density at radius 3 is 2.48 bits per heavy atom. The Bertz CT molecular complexity index is 657. The molecule has 0 atom stereocenters. The smallest absolute Gasteiger partial charge is 0.387 e. The molecular formula is C17H17F2NO3. The van der Waals surface area contributed by atoms with Crippen LogP contribution in [0.25, 0.3) is 0 Å². The Morgan fingerprint density at radius 2 is 1.83 bits per heavy atom.